The summed E-state index contributed by atoms with van der Waals surface area (Å²) in [6, 6.07) is 15.6. The molecule has 2 aromatic carbocycles. The fourth-order valence-electron chi connectivity index (χ4n) is 4.47. The highest BCUT2D eigenvalue weighted by atomic mass is 16.5. The number of imide groups is 1. The smallest absolute Gasteiger partial charge is 0.336 e. The van der Waals surface area contributed by atoms with Gasteiger partial charge in [0, 0.05) is 11.4 Å². The second-order valence-corrected chi connectivity index (χ2v) is 8.08. The molecule has 35 heavy (non-hydrogen) atoms. The van der Waals surface area contributed by atoms with Crippen molar-refractivity contribution in [3.8, 4) is 0 Å². The third-order valence-electron chi connectivity index (χ3n) is 5.96. The summed E-state index contributed by atoms with van der Waals surface area (Å²) in [7, 11) is 0. The van der Waals surface area contributed by atoms with E-state index in [1.807, 2.05) is 18.2 Å². The summed E-state index contributed by atoms with van der Waals surface area (Å²) in [4.78, 5) is 53.5. The molecule has 0 aliphatic carbocycles. The van der Waals surface area contributed by atoms with E-state index in [-0.39, 0.29) is 30.9 Å². The zero-order chi connectivity index (χ0) is 25.1. The van der Waals surface area contributed by atoms with Crippen molar-refractivity contribution in [1.82, 2.24) is 10.2 Å². The summed E-state index contributed by atoms with van der Waals surface area (Å²) < 4.78 is 10.7. The molecule has 1 unspecified atom stereocenters. The van der Waals surface area contributed by atoms with E-state index in [0.717, 1.165) is 4.90 Å². The molecule has 2 aliphatic heterocycles. The van der Waals surface area contributed by atoms with Crippen molar-refractivity contribution in [2.75, 3.05) is 19.8 Å². The topological polar surface area (TPSA) is 102 Å². The molecule has 1 atom stereocenters. The maximum atomic E-state index is 13.3. The molecule has 8 nitrogen and oxygen atoms in total. The van der Waals surface area contributed by atoms with Crippen LogP contribution in [0.15, 0.2) is 77.1 Å². The fraction of sp³-hybridized carbons (Fsp3) is 0.259. The van der Waals surface area contributed by atoms with Gasteiger partial charge >= 0.3 is 11.9 Å². The van der Waals surface area contributed by atoms with E-state index in [4.69, 9.17) is 9.47 Å². The predicted molar refractivity (Wildman–Crippen MR) is 127 cm³/mol. The number of rotatable bonds is 7. The zero-order valence-corrected chi connectivity index (χ0v) is 19.8. The first-order valence-corrected chi connectivity index (χ1v) is 11.4. The lowest BCUT2D eigenvalue weighted by molar-refractivity contribution is -0.139. The second-order valence-electron chi connectivity index (χ2n) is 8.08. The van der Waals surface area contributed by atoms with Crippen molar-refractivity contribution in [2.24, 2.45) is 0 Å². The number of hydrogen-bond donors (Lipinski definition) is 1. The average molecular weight is 475 g/mol. The van der Waals surface area contributed by atoms with E-state index >= 15 is 0 Å². The van der Waals surface area contributed by atoms with Gasteiger partial charge in [0.05, 0.1) is 47.9 Å². The van der Waals surface area contributed by atoms with Crippen LogP contribution in [0.25, 0.3) is 0 Å². The molecule has 2 aromatic rings. The van der Waals surface area contributed by atoms with Crippen LogP contribution >= 0.6 is 0 Å². The molecule has 1 N–H and O–H groups in total. The molecule has 0 spiro atoms. The minimum atomic E-state index is -0.805. The van der Waals surface area contributed by atoms with Crippen molar-refractivity contribution < 1.29 is 28.7 Å². The minimum Gasteiger partial charge on any atom is -0.463 e. The normalized spacial score (nSPS) is 17.3. The molecular weight excluding hydrogens is 448 g/mol. The highest BCUT2D eigenvalue weighted by molar-refractivity contribution is 6.21. The highest BCUT2D eigenvalue weighted by Crippen LogP contribution is 2.40. The van der Waals surface area contributed by atoms with Gasteiger partial charge < -0.3 is 14.8 Å². The van der Waals surface area contributed by atoms with Crippen LogP contribution in [0.3, 0.4) is 0 Å². The molecule has 2 amide bonds. The number of amides is 2. The lowest BCUT2D eigenvalue weighted by Crippen LogP contribution is -2.40. The highest BCUT2D eigenvalue weighted by Gasteiger charge is 2.42. The molecule has 0 saturated heterocycles. The van der Waals surface area contributed by atoms with E-state index in [9.17, 15) is 19.2 Å². The van der Waals surface area contributed by atoms with Gasteiger partial charge in [-0.15, -0.1) is 0 Å². The molecule has 2 heterocycles. The summed E-state index contributed by atoms with van der Waals surface area (Å²) in [5.41, 5.74) is 2.51. The first kappa shape index (κ1) is 23.9. The summed E-state index contributed by atoms with van der Waals surface area (Å²) >= 11 is 0. The lowest BCUT2D eigenvalue weighted by Gasteiger charge is -2.32. The molecule has 0 saturated carbocycles. The number of esters is 2. The van der Waals surface area contributed by atoms with E-state index in [1.54, 1.807) is 57.2 Å². The largest absolute Gasteiger partial charge is 0.463 e. The van der Waals surface area contributed by atoms with Crippen molar-refractivity contribution in [3.63, 3.8) is 0 Å². The van der Waals surface area contributed by atoms with E-state index in [1.165, 1.54) is 0 Å². The maximum absolute atomic E-state index is 13.3. The van der Waals surface area contributed by atoms with Crippen LogP contribution in [-0.2, 0) is 19.1 Å². The Morgan fingerprint density at radius 3 is 1.89 bits per heavy atom. The molecule has 180 valence electrons. The van der Waals surface area contributed by atoms with Gasteiger partial charge in [-0.1, -0.05) is 42.5 Å². The van der Waals surface area contributed by atoms with Gasteiger partial charge in [0.25, 0.3) is 11.8 Å². The number of carbonyl (C=O) groups excluding carboxylic acids is 4. The summed E-state index contributed by atoms with van der Waals surface area (Å²) in [5.74, 6) is -2.90. The SMILES string of the molecule is CCOC(=O)C1=C(C)NC(CN2C(=O)c3ccccc3C2=O)=C(C(=O)OCC)C1c1ccccc1. The van der Waals surface area contributed by atoms with Crippen LogP contribution < -0.4 is 5.32 Å². The number of hydrogen-bond acceptors (Lipinski definition) is 7. The summed E-state index contributed by atoms with van der Waals surface area (Å²) in [6.07, 6.45) is 0. The van der Waals surface area contributed by atoms with E-state index < -0.39 is 29.7 Å². The Morgan fingerprint density at radius 2 is 1.34 bits per heavy atom. The first-order chi connectivity index (χ1) is 16.9. The third kappa shape index (κ3) is 4.35. The summed E-state index contributed by atoms with van der Waals surface area (Å²) in [5, 5.41) is 3.10. The second kappa shape index (κ2) is 9.97. The number of allylic oxidation sites excluding steroid dienone is 1. The molecule has 0 radical (unpaired) electrons. The van der Waals surface area contributed by atoms with Crippen LogP contribution in [0.5, 0.6) is 0 Å². The van der Waals surface area contributed by atoms with Crippen molar-refractivity contribution in [1.29, 1.82) is 0 Å². The van der Waals surface area contributed by atoms with Gasteiger partial charge in [0.1, 0.15) is 0 Å². The summed E-state index contributed by atoms with van der Waals surface area (Å²) in [6.45, 7) is 5.18. The standard InChI is InChI=1S/C27H26N2O6/c1-4-34-26(32)21-16(3)28-20(15-29-24(30)18-13-9-10-14-19(18)25(29)31)23(27(33)35-5-2)22(21)17-11-7-6-8-12-17/h6-14,22,28H,4-5,15H2,1-3H3. The van der Waals surface area contributed by atoms with Crippen LogP contribution in [0.2, 0.25) is 0 Å². The van der Waals surface area contributed by atoms with Gasteiger partial charge in [-0.2, -0.15) is 0 Å². The molecular formula is C27H26N2O6. The number of ether oxygens (including phenoxy) is 2. The number of nitrogens with zero attached hydrogens (tertiary/aromatic N) is 1. The average Bonchev–Trinajstić information content (AvgIpc) is 3.09. The monoisotopic (exact) mass is 474 g/mol. The molecule has 0 aromatic heterocycles. The quantitative estimate of drug-likeness (QED) is 0.485. The van der Waals surface area contributed by atoms with Gasteiger partial charge in [0.15, 0.2) is 0 Å². The number of nitrogens with one attached hydrogen (secondary N) is 1. The van der Waals surface area contributed by atoms with Crippen LogP contribution in [0.4, 0.5) is 0 Å². The molecule has 0 fully saturated rings. The van der Waals surface area contributed by atoms with Crippen LogP contribution in [0.1, 0.15) is 53.0 Å². The molecule has 2 aliphatic rings. The Bertz CT molecular complexity index is 1230. The van der Waals surface area contributed by atoms with Crippen molar-refractivity contribution in [3.05, 3.63) is 93.8 Å². The molecule has 8 heteroatoms. The van der Waals surface area contributed by atoms with Crippen LogP contribution in [-0.4, -0.2) is 48.4 Å². The van der Waals surface area contributed by atoms with Crippen LogP contribution in [0, 0.1) is 0 Å². The lowest BCUT2D eigenvalue weighted by atomic mass is 9.80. The Labute approximate surface area is 203 Å². The number of carbonyl (C=O) groups is 4. The molecule has 4 rings (SSSR count). The predicted octanol–water partition coefficient (Wildman–Crippen LogP) is 3.32. The van der Waals surface area contributed by atoms with Crippen molar-refractivity contribution in [2.45, 2.75) is 26.7 Å². The van der Waals surface area contributed by atoms with E-state index in [0.29, 0.717) is 28.1 Å². The zero-order valence-electron chi connectivity index (χ0n) is 19.8. The maximum Gasteiger partial charge on any atom is 0.336 e. The van der Waals surface area contributed by atoms with Crippen molar-refractivity contribution >= 4 is 23.8 Å². The number of fused-ring (bicyclic) bond motifs is 1. The molecule has 0 bridgehead atoms. The Hall–Kier alpha value is -4.20. The van der Waals surface area contributed by atoms with Gasteiger partial charge in [-0.25, -0.2) is 9.59 Å². The number of dihydropyridines is 1. The van der Waals surface area contributed by atoms with E-state index in [2.05, 4.69) is 5.32 Å². The Kier molecular flexibility index (Phi) is 6.82. The Morgan fingerprint density at radius 1 is 0.829 bits per heavy atom. The van der Waals surface area contributed by atoms with Gasteiger partial charge in [0.2, 0.25) is 0 Å². The fourth-order valence-corrected chi connectivity index (χ4v) is 4.47. The van der Waals surface area contributed by atoms with Gasteiger partial charge in [-0.05, 0) is 38.5 Å². The first-order valence-electron chi connectivity index (χ1n) is 11.4. The minimum absolute atomic E-state index is 0.113. The Balaban J connectivity index is 1.84. The third-order valence-corrected chi connectivity index (χ3v) is 5.96. The van der Waals surface area contributed by atoms with Gasteiger partial charge in [-0.3, -0.25) is 14.5 Å². The number of benzene rings is 2.